The first-order chi connectivity index (χ1) is 17.1. The number of carbonyl (C=O) groups is 1. The van der Waals surface area contributed by atoms with E-state index in [1.807, 2.05) is 63.2 Å². The number of thioether (sulfide) groups is 1. The highest BCUT2D eigenvalue weighted by molar-refractivity contribution is 7.99. The molecule has 0 saturated carbocycles. The summed E-state index contributed by atoms with van der Waals surface area (Å²) in [6.07, 6.45) is 0. The fourth-order valence-electron chi connectivity index (χ4n) is 3.54. The number of benzene rings is 3. The van der Waals surface area contributed by atoms with Crippen LogP contribution in [0.5, 0.6) is 17.2 Å². The fraction of sp³-hybridized carbons (Fsp3) is 0.269. The van der Waals surface area contributed by atoms with Gasteiger partial charge in [-0.3, -0.25) is 4.79 Å². The molecule has 0 unspecified atom stereocenters. The standard InChI is InChI=1S/C26H27N3O5S/c1-4-31-21-14-18(15-22(32-5-2)24(21)33-6-3)25-28-29-26(34-25)35-16-23(30)27-20-13-9-11-17-10-7-8-12-19(17)20/h7-15H,4-6,16H2,1-3H3,(H,27,30). The van der Waals surface area contributed by atoms with Crippen LogP contribution in [0.1, 0.15) is 20.8 Å². The second-order valence-corrected chi connectivity index (χ2v) is 8.26. The Labute approximate surface area is 208 Å². The van der Waals surface area contributed by atoms with Crippen LogP contribution < -0.4 is 19.5 Å². The molecule has 4 aromatic rings. The lowest BCUT2D eigenvalue weighted by molar-refractivity contribution is -0.113. The maximum Gasteiger partial charge on any atom is 0.277 e. The summed E-state index contributed by atoms with van der Waals surface area (Å²) in [5.41, 5.74) is 1.40. The summed E-state index contributed by atoms with van der Waals surface area (Å²) < 4.78 is 23.1. The van der Waals surface area contributed by atoms with E-state index in [-0.39, 0.29) is 16.9 Å². The minimum absolute atomic E-state index is 0.128. The summed E-state index contributed by atoms with van der Waals surface area (Å²) in [6.45, 7) is 7.09. The number of anilines is 1. The lowest BCUT2D eigenvalue weighted by Crippen LogP contribution is -2.14. The van der Waals surface area contributed by atoms with E-state index in [0.29, 0.717) is 48.5 Å². The van der Waals surface area contributed by atoms with Crippen molar-refractivity contribution in [3.05, 3.63) is 54.6 Å². The van der Waals surface area contributed by atoms with Crippen LogP contribution in [0.3, 0.4) is 0 Å². The Kier molecular flexibility index (Phi) is 8.10. The van der Waals surface area contributed by atoms with Gasteiger partial charge in [0.1, 0.15) is 0 Å². The molecule has 0 bridgehead atoms. The van der Waals surface area contributed by atoms with Crippen LogP contribution in [0.2, 0.25) is 0 Å². The highest BCUT2D eigenvalue weighted by atomic mass is 32.2. The number of amides is 1. The Morgan fingerprint density at radius 1 is 0.914 bits per heavy atom. The number of rotatable bonds is 11. The first-order valence-corrected chi connectivity index (χ1v) is 12.4. The van der Waals surface area contributed by atoms with E-state index in [1.54, 1.807) is 12.1 Å². The minimum atomic E-state index is -0.163. The third-order valence-electron chi connectivity index (χ3n) is 4.95. The number of hydrogen-bond acceptors (Lipinski definition) is 8. The van der Waals surface area contributed by atoms with Crippen molar-refractivity contribution in [1.82, 2.24) is 10.2 Å². The van der Waals surface area contributed by atoms with Gasteiger partial charge in [0.15, 0.2) is 11.5 Å². The second kappa shape index (κ2) is 11.6. The molecule has 1 heterocycles. The molecule has 35 heavy (non-hydrogen) atoms. The van der Waals surface area contributed by atoms with Crippen LogP contribution in [0.15, 0.2) is 64.2 Å². The number of fused-ring (bicyclic) bond motifs is 1. The van der Waals surface area contributed by atoms with Crippen molar-refractivity contribution >= 4 is 34.1 Å². The number of hydrogen-bond donors (Lipinski definition) is 1. The molecule has 0 saturated heterocycles. The van der Waals surface area contributed by atoms with Crippen molar-refractivity contribution in [3.63, 3.8) is 0 Å². The fourth-order valence-corrected chi connectivity index (χ4v) is 4.11. The summed E-state index contributed by atoms with van der Waals surface area (Å²) in [5, 5.41) is 13.5. The highest BCUT2D eigenvalue weighted by Crippen LogP contribution is 2.42. The Morgan fingerprint density at radius 2 is 1.60 bits per heavy atom. The largest absolute Gasteiger partial charge is 0.490 e. The lowest BCUT2D eigenvalue weighted by Gasteiger charge is -2.16. The van der Waals surface area contributed by atoms with E-state index in [9.17, 15) is 4.79 Å². The second-order valence-electron chi connectivity index (χ2n) is 7.34. The Bertz CT molecular complexity index is 1270. The van der Waals surface area contributed by atoms with Crippen LogP contribution >= 0.6 is 11.8 Å². The maximum absolute atomic E-state index is 12.6. The first kappa shape index (κ1) is 24.4. The van der Waals surface area contributed by atoms with Crippen LogP contribution in [-0.2, 0) is 4.79 Å². The van der Waals surface area contributed by atoms with Gasteiger partial charge >= 0.3 is 0 Å². The molecule has 0 fully saturated rings. The van der Waals surface area contributed by atoms with Gasteiger partial charge in [-0.15, -0.1) is 10.2 Å². The zero-order valence-electron chi connectivity index (χ0n) is 19.9. The number of nitrogens with zero attached hydrogens (tertiary/aromatic N) is 2. The Balaban J connectivity index is 1.47. The van der Waals surface area contributed by atoms with Gasteiger partial charge in [-0.2, -0.15) is 0 Å². The summed E-state index contributed by atoms with van der Waals surface area (Å²) in [7, 11) is 0. The number of ether oxygens (including phenoxy) is 3. The number of carbonyl (C=O) groups excluding carboxylic acids is 1. The van der Waals surface area contributed by atoms with Crippen molar-refractivity contribution in [1.29, 1.82) is 0 Å². The van der Waals surface area contributed by atoms with Crippen molar-refractivity contribution < 1.29 is 23.4 Å². The molecule has 3 aromatic carbocycles. The normalized spacial score (nSPS) is 10.8. The molecule has 0 spiro atoms. The Hall–Kier alpha value is -3.72. The van der Waals surface area contributed by atoms with Crippen LogP contribution in [-0.4, -0.2) is 41.7 Å². The quantitative estimate of drug-likeness (QED) is 0.261. The monoisotopic (exact) mass is 493 g/mol. The SMILES string of the molecule is CCOc1cc(-c2nnc(SCC(=O)Nc3cccc4ccccc34)o2)cc(OCC)c1OCC. The highest BCUT2D eigenvalue weighted by Gasteiger charge is 2.19. The van der Waals surface area contributed by atoms with Gasteiger partial charge in [-0.1, -0.05) is 48.2 Å². The molecule has 0 aliphatic rings. The molecule has 0 radical (unpaired) electrons. The predicted molar refractivity (Wildman–Crippen MR) is 137 cm³/mol. The van der Waals surface area contributed by atoms with E-state index < -0.39 is 0 Å². The zero-order chi connectivity index (χ0) is 24.6. The summed E-state index contributed by atoms with van der Waals surface area (Å²) in [5.74, 6) is 1.88. The zero-order valence-corrected chi connectivity index (χ0v) is 20.7. The van der Waals surface area contributed by atoms with Gasteiger partial charge in [-0.05, 0) is 44.4 Å². The van der Waals surface area contributed by atoms with Gasteiger partial charge in [0, 0.05) is 16.6 Å². The summed E-state index contributed by atoms with van der Waals surface area (Å²) in [4.78, 5) is 12.6. The van der Waals surface area contributed by atoms with Gasteiger partial charge in [0.25, 0.3) is 5.22 Å². The van der Waals surface area contributed by atoms with Gasteiger partial charge in [0.05, 0.1) is 25.6 Å². The van der Waals surface area contributed by atoms with E-state index in [2.05, 4.69) is 15.5 Å². The van der Waals surface area contributed by atoms with Crippen molar-refractivity contribution in [2.45, 2.75) is 26.0 Å². The molecule has 0 aliphatic carbocycles. The average molecular weight is 494 g/mol. The third kappa shape index (κ3) is 5.86. The number of nitrogens with one attached hydrogen (secondary N) is 1. The smallest absolute Gasteiger partial charge is 0.277 e. The summed E-state index contributed by atoms with van der Waals surface area (Å²) >= 11 is 1.17. The molecule has 8 nitrogen and oxygen atoms in total. The molecule has 182 valence electrons. The van der Waals surface area contributed by atoms with E-state index in [0.717, 1.165) is 16.5 Å². The maximum atomic E-state index is 12.6. The molecule has 0 atom stereocenters. The van der Waals surface area contributed by atoms with E-state index in [4.69, 9.17) is 18.6 Å². The molecule has 4 rings (SSSR count). The third-order valence-corrected chi connectivity index (χ3v) is 5.77. The molecule has 9 heteroatoms. The van der Waals surface area contributed by atoms with Gasteiger partial charge in [0.2, 0.25) is 17.5 Å². The van der Waals surface area contributed by atoms with Crippen LogP contribution in [0.4, 0.5) is 5.69 Å². The molecule has 1 amide bonds. The number of aromatic nitrogens is 2. The predicted octanol–water partition coefficient (Wildman–Crippen LogP) is 5.82. The lowest BCUT2D eigenvalue weighted by atomic mass is 10.1. The van der Waals surface area contributed by atoms with Crippen molar-refractivity contribution in [2.24, 2.45) is 0 Å². The van der Waals surface area contributed by atoms with E-state index >= 15 is 0 Å². The molecule has 0 aliphatic heterocycles. The van der Waals surface area contributed by atoms with Crippen LogP contribution in [0, 0.1) is 0 Å². The molecular weight excluding hydrogens is 466 g/mol. The topological polar surface area (TPSA) is 95.7 Å². The molecular formula is C26H27N3O5S. The van der Waals surface area contributed by atoms with Gasteiger partial charge < -0.3 is 23.9 Å². The van der Waals surface area contributed by atoms with Crippen LogP contribution in [0.25, 0.3) is 22.2 Å². The minimum Gasteiger partial charge on any atom is -0.490 e. The average Bonchev–Trinajstić information content (AvgIpc) is 3.34. The summed E-state index contributed by atoms with van der Waals surface area (Å²) in [6, 6.07) is 17.3. The van der Waals surface area contributed by atoms with Crippen molar-refractivity contribution in [3.8, 4) is 28.7 Å². The van der Waals surface area contributed by atoms with Crippen molar-refractivity contribution in [2.75, 3.05) is 30.9 Å². The van der Waals surface area contributed by atoms with E-state index in [1.165, 1.54) is 11.8 Å². The molecule has 1 N–H and O–H groups in total. The van der Waals surface area contributed by atoms with Gasteiger partial charge in [-0.25, -0.2) is 0 Å². The molecule has 1 aromatic heterocycles. The Morgan fingerprint density at radius 3 is 2.31 bits per heavy atom. The first-order valence-electron chi connectivity index (χ1n) is 11.4.